The standard InChI is InChI=1S/C21H31N3O/c1-17(2)24(18(3)4)15-14-23-13-9-8-12-21(23,16-20(22)25)19-10-6-5-7-11-19/h5-13,17-18H,14-16H2,1-4H3,(H2,22,25). The number of rotatable bonds is 8. The Balaban J connectivity index is 2.31. The molecule has 0 saturated carbocycles. The van der Waals surface area contributed by atoms with Crippen molar-refractivity contribution < 1.29 is 4.79 Å². The van der Waals surface area contributed by atoms with Gasteiger partial charge in [0.2, 0.25) is 5.91 Å². The van der Waals surface area contributed by atoms with Crippen LogP contribution in [-0.2, 0) is 10.3 Å². The number of hydrogen-bond acceptors (Lipinski definition) is 3. The van der Waals surface area contributed by atoms with Crippen LogP contribution in [0.3, 0.4) is 0 Å². The lowest BCUT2D eigenvalue weighted by Crippen LogP contribution is -2.49. The van der Waals surface area contributed by atoms with Crippen LogP contribution in [0.1, 0.15) is 39.7 Å². The molecule has 1 heterocycles. The summed E-state index contributed by atoms with van der Waals surface area (Å²) in [7, 11) is 0. The van der Waals surface area contributed by atoms with Gasteiger partial charge in [-0.05, 0) is 39.3 Å². The minimum atomic E-state index is -0.512. The van der Waals surface area contributed by atoms with E-state index in [0.29, 0.717) is 12.1 Å². The number of nitrogens with two attached hydrogens (primary N) is 1. The first-order chi connectivity index (χ1) is 11.9. The second kappa shape index (κ2) is 8.34. The molecule has 0 aromatic heterocycles. The van der Waals surface area contributed by atoms with Gasteiger partial charge in [0.25, 0.3) is 0 Å². The smallest absolute Gasteiger partial charge is 0.220 e. The zero-order valence-electron chi connectivity index (χ0n) is 15.9. The van der Waals surface area contributed by atoms with E-state index in [9.17, 15) is 4.79 Å². The van der Waals surface area contributed by atoms with Crippen molar-refractivity contribution in [2.45, 2.75) is 51.7 Å². The molecule has 0 radical (unpaired) electrons. The monoisotopic (exact) mass is 341 g/mol. The molecular weight excluding hydrogens is 310 g/mol. The van der Waals surface area contributed by atoms with E-state index in [4.69, 9.17) is 5.73 Å². The summed E-state index contributed by atoms with van der Waals surface area (Å²) >= 11 is 0. The highest BCUT2D eigenvalue weighted by Gasteiger charge is 2.37. The molecule has 2 rings (SSSR count). The molecule has 0 bridgehead atoms. The van der Waals surface area contributed by atoms with Gasteiger partial charge in [-0.25, -0.2) is 0 Å². The molecule has 0 saturated heterocycles. The topological polar surface area (TPSA) is 49.6 Å². The average molecular weight is 341 g/mol. The summed E-state index contributed by atoms with van der Waals surface area (Å²) in [5.74, 6) is -0.293. The number of benzene rings is 1. The van der Waals surface area contributed by atoms with Crippen molar-refractivity contribution in [1.29, 1.82) is 0 Å². The van der Waals surface area contributed by atoms with Crippen molar-refractivity contribution in [3.05, 3.63) is 60.3 Å². The maximum Gasteiger partial charge on any atom is 0.220 e. The van der Waals surface area contributed by atoms with Gasteiger partial charge in [0.15, 0.2) is 0 Å². The molecule has 0 fully saturated rings. The van der Waals surface area contributed by atoms with E-state index < -0.39 is 5.54 Å². The summed E-state index contributed by atoms with van der Waals surface area (Å²) in [6.07, 6.45) is 8.48. The quantitative estimate of drug-likeness (QED) is 0.789. The van der Waals surface area contributed by atoms with Gasteiger partial charge in [-0.3, -0.25) is 9.69 Å². The fourth-order valence-corrected chi connectivity index (χ4v) is 3.72. The Labute approximate surface area is 152 Å². The van der Waals surface area contributed by atoms with Crippen molar-refractivity contribution in [3.8, 4) is 0 Å². The summed E-state index contributed by atoms with van der Waals surface area (Å²) in [5, 5.41) is 0. The SMILES string of the molecule is CC(C)N(CCN1C=CC=CC1(CC(N)=O)c1ccccc1)C(C)C. The second-order valence-electron chi connectivity index (χ2n) is 7.25. The molecule has 0 aliphatic carbocycles. The highest BCUT2D eigenvalue weighted by Crippen LogP contribution is 2.36. The maximum atomic E-state index is 11.9. The molecule has 1 amide bonds. The third-order valence-electron chi connectivity index (χ3n) is 4.90. The van der Waals surface area contributed by atoms with Crippen molar-refractivity contribution >= 4 is 5.91 Å². The molecule has 1 aliphatic heterocycles. The van der Waals surface area contributed by atoms with E-state index in [0.717, 1.165) is 18.7 Å². The average Bonchev–Trinajstić information content (AvgIpc) is 2.56. The molecule has 4 nitrogen and oxygen atoms in total. The maximum absolute atomic E-state index is 11.9. The number of carbonyl (C=O) groups excluding carboxylic acids is 1. The van der Waals surface area contributed by atoms with Gasteiger partial charge in [-0.2, -0.15) is 0 Å². The molecule has 1 unspecified atom stereocenters. The fourth-order valence-electron chi connectivity index (χ4n) is 3.72. The van der Waals surface area contributed by atoms with Crippen LogP contribution in [0.4, 0.5) is 0 Å². The molecule has 1 aromatic rings. The van der Waals surface area contributed by atoms with Gasteiger partial charge >= 0.3 is 0 Å². The Hall–Kier alpha value is -2.07. The number of primary amides is 1. The summed E-state index contributed by atoms with van der Waals surface area (Å²) in [4.78, 5) is 16.6. The fraction of sp³-hybridized carbons (Fsp3) is 0.476. The van der Waals surface area contributed by atoms with E-state index in [1.165, 1.54) is 0 Å². The number of nitrogens with zero attached hydrogens (tertiary/aromatic N) is 2. The van der Waals surface area contributed by atoms with Crippen molar-refractivity contribution in [2.75, 3.05) is 13.1 Å². The molecule has 1 atom stereocenters. The minimum absolute atomic E-state index is 0.265. The molecule has 4 heteroatoms. The lowest BCUT2D eigenvalue weighted by atomic mass is 9.83. The van der Waals surface area contributed by atoms with Crippen molar-refractivity contribution in [1.82, 2.24) is 9.80 Å². The first-order valence-electron chi connectivity index (χ1n) is 9.09. The van der Waals surface area contributed by atoms with E-state index in [1.54, 1.807) is 0 Å². The van der Waals surface area contributed by atoms with Crippen LogP contribution in [0.15, 0.2) is 54.8 Å². The van der Waals surface area contributed by atoms with Crippen LogP contribution in [0, 0.1) is 0 Å². The Kier molecular flexibility index (Phi) is 6.43. The van der Waals surface area contributed by atoms with Crippen LogP contribution >= 0.6 is 0 Å². The van der Waals surface area contributed by atoms with E-state index in [1.807, 2.05) is 30.4 Å². The van der Waals surface area contributed by atoms with E-state index in [2.05, 4.69) is 61.9 Å². The number of amides is 1. The Morgan fingerprint density at radius 1 is 1.12 bits per heavy atom. The van der Waals surface area contributed by atoms with Gasteiger partial charge < -0.3 is 10.6 Å². The third-order valence-corrected chi connectivity index (χ3v) is 4.90. The van der Waals surface area contributed by atoms with Crippen LogP contribution in [0.25, 0.3) is 0 Å². The molecule has 2 N–H and O–H groups in total. The number of allylic oxidation sites excluding steroid dienone is 2. The normalized spacial score (nSPS) is 20.0. The van der Waals surface area contributed by atoms with Gasteiger partial charge in [0.05, 0.1) is 12.0 Å². The zero-order valence-corrected chi connectivity index (χ0v) is 15.9. The van der Waals surface area contributed by atoms with Gasteiger partial charge in [-0.1, -0.05) is 42.5 Å². The predicted molar refractivity (Wildman–Crippen MR) is 104 cm³/mol. The highest BCUT2D eigenvalue weighted by atomic mass is 16.1. The first-order valence-corrected chi connectivity index (χ1v) is 9.09. The number of carbonyl (C=O) groups is 1. The summed E-state index contributed by atoms with van der Waals surface area (Å²) in [6, 6.07) is 11.1. The summed E-state index contributed by atoms with van der Waals surface area (Å²) in [5.41, 5.74) is 6.21. The Morgan fingerprint density at radius 3 is 2.32 bits per heavy atom. The predicted octanol–water partition coefficient (Wildman–Crippen LogP) is 3.26. The van der Waals surface area contributed by atoms with E-state index >= 15 is 0 Å². The third kappa shape index (κ3) is 4.51. The number of hydrogen-bond donors (Lipinski definition) is 1. The molecule has 1 aromatic carbocycles. The molecule has 136 valence electrons. The highest BCUT2D eigenvalue weighted by molar-refractivity contribution is 5.76. The van der Waals surface area contributed by atoms with Gasteiger partial charge in [0.1, 0.15) is 0 Å². The van der Waals surface area contributed by atoms with Crippen LogP contribution < -0.4 is 5.73 Å². The molecular formula is C21H31N3O. The Bertz CT molecular complexity index is 613. The second-order valence-corrected chi connectivity index (χ2v) is 7.25. The van der Waals surface area contributed by atoms with E-state index in [-0.39, 0.29) is 12.3 Å². The minimum Gasteiger partial charge on any atom is -0.370 e. The molecule has 0 spiro atoms. The lowest BCUT2D eigenvalue weighted by molar-refractivity contribution is -0.120. The lowest BCUT2D eigenvalue weighted by Gasteiger charge is -2.44. The van der Waals surface area contributed by atoms with Crippen molar-refractivity contribution in [2.24, 2.45) is 5.73 Å². The Morgan fingerprint density at radius 2 is 1.76 bits per heavy atom. The van der Waals surface area contributed by atoms with Crippen LogP contribution in [0.2, 0.25) is 0 Å². The van der Waals surface area contributed by atoms with Crippen LogP contribution in [0.5, 0.6) is 0 Å². The summed E-state index contributed by atoms with van der Waals surface area (Å²) in [6.45, 7) is 10.7. The summed E-state index contributed by atoms with van der Waals surface area (Å²) < 4.78 is 0. The molecule has 25 heavy (non-hydrogen) atoms. The first kappa shape index (κ1) is 19.3. The zero-order chi connectivity index (χ0) is 18.4. The van der Waals surface area contributed by atoms with Gasteiger partial charge in [-0.15, -0.1) is 0 Å². The van der Waals surface area contributed by atoms with Crippen LogP contribution in [-0.4, -0.2) is 40.9 Å². The molecule has 1 aliphatic rings. The largest absolute Gasteiger partial charge is 0.370 e. The van der Waals surface area contributed by atoms with Crippen molar-refractivity contribution in [3.63, 3.8) is 0 Å². The van der Waals surface area contributed by atoms with Gasteiger partial charge in [0, 0.05) is 31.4 Å².